The van der Waals surface area contributed by atoms with E-state index < -0.39 is 10.0 Å². The number of hydrogen-bond acceptors (Lipinski definition) is 5. The van der Waals surface area contributed by atoms with Gasteiger partial charge < -0.3 is 10.2 Å². The fraction of sp³-hybridized carbons (Fsp3) is 0.389. The van der Waals surface area contributed by atoms with Gasteiger partial charge in [0.2, 0.25) is 10.0 Å². The summed E-state index contributed by atoms with van der Waals surface area (Å²) in [6, 6.07) is 9.43. The minimum absolute atomic E-state index is 0.118. The first-order valence-corrected chi connectivity index (χ1v) is 11.1. The summed E-state index contributed by atoms with van der Waals surface area (Å²) in [5, 5.41) is 7.11. The summed E-state index contributed by atoms with van der Waals surface area (Å²) < 4.78 is 24.6. The molecule has 0 spiro atoms. The van der Waals surface area contributed by atoms with Crippen LogP contribution in [-0.4, -0.2) is 52.7 Å². The molecule has 2 rings (SSSR count). The summed E-state index contributed by atoms with van der Waals surface area (Å²) >= 11 is 1.64. The standard InChI is InChI=1S/C18H25N3O3S2/c1-21(2)17(16-9-11-25-13-16)12-19-18(22)15-6-4-14(5-7-15)8-10-20-26(3,23)24/h4-7,9,11,13,17,20H,8,10,12H2,1-3H3,(H,19,22). The largest absolute Gasteiger partial charge is 0.350 e. The Morgan fingerprint density at radius 1 is 1.19 bits per heavy atom. The molecule has 1 unspecified atom stereocenters. The van der Waals surface area contributed by atoms with Crippen molar-refractivity contribution in [3.05, 3.63) is 57.8 Å². The molecular weight excluding hydrogens is 370 g/mol. The van der Waals surface area contributed by atoms with Crippen LogP contribution in [-0.2, 0) is 16.4 Å². The van der Waals surface area contributed by atoms with Gasteiger partial charge in [-0.05, 0) is 60.6 Å². The molecule has 0 aliphatic carbocycles. The van der Waals surface area contributed by atoms with Crippen LogP contribution in [0.4, 0.5) is 0 Å². The molecule has 0 aliphatic heterocycles. The molecule has 1 heterocycles. The molecule has 0 bridgehead atoms. The number of nitrogens with zero attached hydrogens (tertiary/aromatic N) is 1. The van der Waals surface area contributed by atoms with Crippen molar-refractivity contribution in [1.29, 1.82) is 0 Å². The van der Waals surface area contributed by atoms with Gasteiger partial charge in [-0.1, -0.05) is 12.1 Å². The van der Waals surface area contributed by atoms with Gasteiger partial charge in [-0.2, -0.15) is 11.3 Å². The van der Waals surface area contributed by atoms with Crippen molar-refractivity contribution in [3.8, 4) is 0 Å². The third-order valence-electron chi connectivity index (χ3n) is 4.00. The third kappa shape index (κ3) is 6.53. The zero-order valence-corrected chi connectivity index (χ0v) is 16.9. The second-order valence-electron chi connectivity index (χ2n) is 6.36. The Morgan fingerprint density at radius 2 is 1.88 bits per heavy atom. The second-order valence-corrected chi connectivity index (χ2v) is 8.97. The summed E-state index contributed by atoms with van der Waals surface area (Å²) in [4.78, 5) is 14.5. The Kier molecular flexibility index (Phi) is 7.33. The van der Waals surface area contributed by atoms with E-state index in [9.17, 15) is 13.2 Å². The van der Waals surface area contributed by atoms with Crippen LogP contribution in [0.2, 0.25) is 0 Å². The molecule has 1 atom stereocenters. The zero-order chi connectivity index (χ0) is 19.2. The molecule has 0 radical (unpaired) electrons. The van der Waals surface area contributed by atoms with E-state index >= 15 is 0 Å². The lowest BCUT2D eigenvalue weighted by Crippen LogP contribution is -2.34. The van der Waals surface area contributed by atoms with E-state index in [1.54, 1.807) is 23.5 Å². The first-order valence-electron chi connectivity index (χ1n) is 8.26. The highest BCUT2D eigenvalue weighted by Crippen LogP contribution is 2.20. The average Bonchev–Trinajstić information content (AvgIpc) is 3.08. The predicted molar refractivity (Wildman–Crippen MR) is 106 cm³/mol. The number of amides is 1. The lowest BCUT2D eigenvalue weighted by atomic mass is 10.1. The van der Waals surface area contributed by atoms with Crippen LogP contribution in [0.1, 0.15) is 27.5 Å². The fourth-order valence-corrected chi connectivity index (χ4v) is 3.74. The van der Waals surface area contributed by atoms with Gasteiger partial charge in [0.15, 0.2) is 0 Å². The topological polar surface area (TPSA) is 78.5 Å². The number of nitrogens with one attached hydrogen (secondary N) is 2. The second kappa shape index (κ2) is 9.27. The van der Waals surface area contributed by atoms with Crippen molar-refractivity contribution in [2.24, 2.45) is 0 Å². The smallest absolute Gasteiger partial charge is 0.251 e. The maximum atomic E-state index is 12.4. The number of hydrogen-bond donors (Lipinski definition) is 2. The SMILES string of the molecule is CN(C)C(CNC(=O)c1ccc(CCNS(C)(=O)=O)cc1)c1ccsc1. The lowest BCUT2D eigenvalue weighted by Gasteiger charge is -2.24. The Hall–Kier alpha value is -1.74. The van der Waals surface area contributed by atoms with Gasteiger partial charge in [0.25, 0.3) is 5.91 Å². The number of thiophene rings is 1. The van der Waals surface area contributed by atoms with E-state index in [1.807, 2.05) is 31.6 Å². The van der Waals surface area contributed by atoms with Crippen LogP contribution in [0.25, 0.3) is 0 Å². The Morgan fingerprint density at radius 3 is 2.42 bits per heavy atom. The number of carbonyl (C=O) groups is 1. The van der Waals surface area contributed by atoms with Crippen LogP contribution in [0.5, 0.6) is 0 Å². The minimum Gasteiger partial charge on any atom is -0.350 e. The van der Waals surface area contributed by atoms with Gasteiger partial charge in [0.05, 0.1) is 12.3 Å². The summed E-state index contributed by atoms with van der Waals surface area (Å²) in [5.41, 5.74) is 2.75. The number of carbonyl (C=O) groups excluding carboxylic acids is 1. The summed E-state index contributed by atoms with van der Waals surface area (Å²) in [7, 11) is 0.813. The first kappa shape index (κ1) is 20.6. The van der Waals surface area contributed by atoms with Crippen molar-refractivity contribution in [2.45, 2.75) is 12.5 Å². The predicted octanol–water partition coefficient (Wildman–Crippen LogP) is 1.87. The number of rotatable bonds is 9. The van der Waals surface area contributed by atoms with Crippen LogP contribution in [0.15, 0.2) is 41.1 Å². The summed E-state index contributed by atoms with van der Waals surface area (Å²) in [5.74, 6) is -0.118. The molecule has 142 valence electrons. The Bertz CT molecular complexity index is 801. The molecule has 2 N–H and O–H groups in total. The van der Waals surface area contributed by atoms with Crippen LogP contribution < -0.4 is 10.0 Å². The summed E-state index contributed by atoms with van der Waals surface area (Å²) in [6.07, 6.45) is 1.72. The number of benzene rings is 1. The van der Waals surface area contributed by atoms with E-state index in [2.05, 4.69) is 26.4 Å². The van der Waals surface area contributed by atoms with E-state index in [1.165, 1.54) is 5.56 Å². The van der Waals surface area contributed by atoms with Crippen molar-refractivity contribution >= 4 is 27.3 Å². The number of sulfonamides is 1. The molecule has 2 aromatic rings. The quantitative estimate of drug-likeness (QED) is 0.679. The van der Waals surface area contributed by atoms with E-state index in [-0.39, 0.29) is 11.9 Å². The Balaban J connectivity index is 1.89. The van der Waals surface area contributed by atoms with Gasteiger partial charge in [0.1, 0.15) is 0 Å². The molecule has 0 saturated carbocycles. The lowest BCUT2D eigenvalue weighted by molar-refractivity contribution is 0.0942. The molecule has 1 aromatic carbocycles. The highest BCUT2D eigenvalue weighted by atomic mass is 32.2. The van der Waals surface area contributed by atoms with Crippen molar-refractivity contribution in [3.63, 3.8) is 0 Å². The van der Waals surface area contributed by atoms with Crippen molar-refractivity contribution < 1.29 is 13.2 Å². The van der Waals surface area contributed by atoms with Gasteiger partial charge in [-0.3, -0.25) is 4.79 Å². The van der Waals surface area contributed by atoms with Gasteiger partial charge in [-0.15, -0.1) is 0 Å². The molecular formula is C18H25N3O3S2. The monoisotopic (exact) mass is 395 g/mol. The minimum atomic E-state index is -3.17. The summed E-state index contributed by atoms with van der Waals surface area (Å²) in [6.45, 7) is 0.873. The van der Waals surface area contributed by atoms with Crippen LogP contribution >= 0.6 is 11.3 Å². The highest BCUT2D eigenvalue weighted by molar-refractivity contribution is 7.88. The van der Waals surface area contributed by atoms with Crippen molar-refractivity contribution in [2.75, 3.05) is 33.4 Å². The van der Waals surface area contributed by atoms with Crippen molar-refractivity contribution in [1.82, 2.24) is 14.9 Å². The third-order valence-corrected chi connectivity index (χ3v) is 5.43. The van der Waals surface area contributed by atoms with Gasteiger partial charge in [-0.25, -0.2) is 13.1 Å². The molecule has 8 heteroatoms. The van der Waals surface area contributed by atoms with Gasteiger partial charge >= 0.3 is 0 Å². The van der Waals surface area contributed by atoms with E-state index in [0.717, 1.165) is 11.8 Å². The fourth-order valence-electron chi connectivity index (χ4n) is 2.56. The average molecular weight is 396 g/mol. The molecule has 1 amide bonds. The number of likely N-dealkylation sites (N-methyl/N-ethyl adjacent to an activating group) is 1. The Labute approximate surface area is 159 Å². The maximum absolute atomic E-state index is 12.4. The van der Waals surface area contributed by atoms with Gasteiger partial charge in [0, 0.05) is 18.7 Å². The molecule has 0 saturated heterocycles. The van der Waals surface area contributed by atoms with E-state index in [4.69, 9.17) is 0 Å². The molecule has 6 nitrogen and oxygen atoms in total. The van der Waals surface area contributed by atoms with Crippen LogP contribution in [0, 0.1) is 0 Å². The molecule has 26 heavy (non-hydrogen) atoms. The zero-order valence-electron chi connectivity index (χ0n) is 15.2. The maximum Gasteiger partial charge on any atom is 0.251 e. The molecule has 1 aromatic heterocycles. The van der Waals surface area contributed by atoms with Crippen LogP contribution in [0.3, 0.4) is 0 Å². The highest BCUT2D eigenvalue weighted by Gasteiger charge is 2.16. The molecule has 0 aliphatic rings. The first-order chi connectivity index (χ1) is 12.3. The van der Waals surface area contributed by atoms with E-state index in [0.29, 0.717) is 25.1 Å². The normalized spacial score (nSPS) is 12.9. The molecule has 0 fully saturated rings.